The van der Waals surface area contributed by atoms with E-state index in [2.05, 4.69) is 63.8 Å². The summed E-state index contributed by atoms with van der Waals surface area (Å²) in [5, 5.41) is 7.14. The van der Waals surface area contributed by atoms with Crippen LogP contribution in [0.4, 0.5) is 17.6 Å². The Kier molecular flexibility index (Phi) is 7.57. The van der Waals surface area contributed by atoms with Crippen molar-refractivity contribution in [2.45, 2.75) is 57.9 Å². The number of hydrogen-bond donors (Lipinski definition) is 2. The second kappa shape index (κ2) is 10.8. The zero-order chi connectivity index (χ0) is 21.5. The first-order chi connectivity index (χ1) is 15.2. The number of nitrogens with one attached hydrogen (secondary N) is 2. The van der Waals surface area contributed by atoms with Gasteiger partial charge in [0, 0.05) is 38.3 Å². The largest absolute Gasteiger partial charge is 0.362 e. The molecule has 0 aliphatic carbocycles. The molecule has 2 aliphatic rings. The molecule has 0 bridgehead atoms. The van der Waals surface area contributed by atoms with Gasteiger partial charge in [0.25, 0.3) is 0 Å². The molecule has 2 aliphatic heterocycles. The van der Waals surface area contributed by atoms with Gasteiger partial charge in [-0.05, 0) is 69.7 Å². The number of aromatic nitrogens is 2. The zero-order valence-electron chi connectivity index (χ0n) is 18.5. The molecule has 7 heteroatoms. The van der Waals surface area contributed by atoms with Crippen LogP contribution in [0.5, 0.6) is 0 Å². The Morgan fingerprint density at radius 3 is 2.55 bits per heavy atom. The number of thiocarbonyl (C=S) groups is 1. The van der Waals surface area contributed by atoms with Gasteiger partial charge in [-0.15, -0.1) is 0 Å². The minimum absolute atomic E-state index is 0.506. The van der Waals surface area contributed by atoms with Gasteiger partial charge in [0.15, 0.2) is 5.11 Å². The van der Waals surface area contributed by atoms with E-state index in [-0.39, 0.29) is 0 Å². The average Bonchev–Trinajstić information content (AvgIpc) is 3.33. The molecule has 0 amide bonds. The van der Waals surface area contributed by atoms with E-state index in [1.807, 2.05) is 0 Å². The second-order valence-electron chi connectivity index (χ2n) is 8.61. The molecule has 6 nitrogen and oxygen atoms in total. The summed E-state index contributed by atoms with van der Waals surface area (Å²) in [6.45, 7) is 6.30. The predicted octanol–water partition coefficient (Wildman–Crippen LogP) is 4.37. The molecule has 4 rings (SSSR count). The fourth-order valence-electron chi connectivity index (χ4n) is 4.46. The highest BCUT2D eigenvalue weighted by Gasteiger charge is 2.23. The predicted molar refractivity (Wildman–Crippen MR) is 133 cm³/mol. The molecule has 0 saturated carbocycles. The van der Waals surface area contributed by atoms with E-state index in [4.69, 9.17) is 22.2 Å². The van der Waals surface area contributed by atoms with Crippen LogP contribution in [0.1, 0.15) is 51.0 Å². The molecule has 1 aromatic carbocycles. The summed E-state index contributed by atoms with van der Waals surface area (Å²) in [4.78, 5) is 14.4. The first-order valence-corrected chi connectivity index (χ1v) is 12.1. The van der Waals surface area contributed by atoms with Crippen molar-refractivity contribution in [3.63, 3.8) is 0 Å². The van der Waals surface area contributed by atoms with E-state index >= 15 is 0 Å². The van der Waals surface area contributed by atoms with Crippen molar-refractivity contribution in [2.75, 3.05) is 41.3 Å². The Labute approximate surface area is 191 Å². The van der Waals surface area contributed by atoms with E-state index in [0.29, 0.717) is 17.1 Å². The Morgan fingerprint density at radius 1 is 1.03 bits per heavy atom. The maximum atomic E-state index is 5.54. The highest BCUT2D eigenvalue weighted by atomic mass is 32.1. The SMILES string of the molecule is CC1CCCCN1c1cc(N2CCCC2)nc(NC(=S)NCCCc2ccccc2)n1. The van der Waals surface area contributed by atoms with E-state index < -0.39 is 0 Å². The summed E-state index contributed by atoms with van der Waals surface area (Å²) in [5.41, 5.74) is 1.35. The third-order valence-electron chi connectivity index (χ3n) is 6.22. The van der Waals surface area contributed by atoms with Crippen LogP contribution in [-0.4, -0.2) is 47.3 Å². The third kappa shape index (κ3) is 6.06. The minimum Gasteiger partial charge on any atom is -0.362 e. The second-order valence-corrected chi connectivity index (χ2v) is 9.02. The molecule has 3 heterocycles. The number of anilines is 3. The lowest BCUT2D eigenvalue weighted by Crippen LogP contribution is -2.38. The summed E-state index contributed by atoms with van der Waals surface area (Å²) in [6, 6.07) is 13.2. The van der Waals surface area contributed by atoms with Crippen LogP contribution in [0, 0.1) is 0 Å². The number of rotatable bonds is 7. The minimum atomic E-state index is 0.506. The van der Waals surface area contributed by atoms with Crippen molar-refractivity contribution >= 4 is 34.9 Å². The summed E-state index contributed by atoms with van der Waals surface area (Å²) in [5.74, 6) is 2.62. The lowest BCUT2D eigenvalue weighted by molar-refractivity contribution is 0.481. The Hall–Kier alpha value is -2.41. The van der Waals surface area contributed by atoms with Gasteiger partial charge in [0.2, 0.25) is 5.95 Å². The van der Waals surface area contributed by atoms with Crippen LogP contribution in [0.2, 0.25) is 0 Å². The molecule has 1 unspecified atom stereocenters. The van der Waals surface area contributed by atoms with E-state index in [9.17, 15) is 0 Å². The van der Waals surface area contributed by atoms with Gasteiger partial charge in [0.1, 0.15) is 11.6 Å². The Balaban J connectivity index is 1.39. The van der Waals surface area contributed by atoms with E-state index in [1.165, 1.54) is 37.7 Å². The quantitative estimate of drug-likeness (QED) is 0.492. The van der Waals surface area contributed by atoms with Crippen LogP contribution in [0.3, 0.4) is 0 Å². The fourth-order valence-corrected chi connectivity index (χ4v) is 4.65. The highest BCUT2D eigenvalue weighted by molar-refractivity contribution is 7.80. The molecule has 2 N–H and O–H groups in total. The molecule has 31 heavy (non-hydrogen) atoms. The van der Waals surface area contributed by atoms with Gasteiger partial charge in [-0.2, -0.15) is 9.97 Å². The first kappa shape index (κ1) is 21.8. The molecule has 2 saturated heterocycles. The van der Waals surface area contributed by atoms with Crippen LogP contribution in [0.15, 0.2) is 36.4 Å². The fraction of sp³-hybridized carbons (Fsp3) is 0.542. The lowest BCUT2D eigenvalue weighted by atomic mass is 10.0. The van der Waals surface area contributed by atoms with Crippen molar-refractivity contribution in [2.24, 2.45) is 0 Å². The average molecular weight is 439 g/mol. The van der Waals surface area contributed by atoms with Crippen molar-refractivity contribution in [1.82, 2.24) is 15.3 Å². The number of hydrogen-bond acceptors (Lipinski definition) is 5. The topological polar surface area (TPSA) is 56.3 Å². The maximum absolute atomic E-state index is 5.54. The van der Waals surface area contributed by atoms with Gasteiger partial charge >= 0.3 is 0 Å². The Bertz CT molecular complexity index is 852. The Morgan fingerprint density at radius 2 is 1.77 bits per heavy atom. The smallest absolute Gasteiger partial charge is 0.232 e. The first-order valence-electron chi connectivity index (χ1n) is 11.7. The van der Waals surface area contributed by atoms with Crippen LogP contribution in [0.25, 0.3) is 0 Å². The van der Waals surface area contributed by atoms with Gasteiger partial charge in [-0.1, -0.05) is 30.3 Å². The standard InChI is InChI=1S/C24H34N6S/c1-19-10-5-6-17-30(19)22-18-21(29-15-7-8-16-29)26-23(27-22)28-24(31)25-14-9-13-20-11-3-2-4-12-20/h2-4,11-12,18-19H,5-10,13-17H2,1H3,(H2,25,26,27,28,31). The molecule has 1 atom stereocenters. The number of benzene rings is 1. The van der Waals surface area contributed by atoms with Crippen LogP contribution in [-0.2, 0) is 6.42 Å². The number of aryl methyl sites for hydroxylation is 1. The molecular weight excluding hydrogens is 404 g/mol. The number of nitrogens with zero attached hydrogens (tertiary/aromatic N) is 4. The maximum Gasteiger partial charge on any atom is 0.232 e. The normalized spacial score (nSPS) is 18.8. The number of piperidine rings is 1. The highest BCUT2D eigenvalue weighted by Crippen LogP contribution is 2.28. The summed E-state index contributed by atoms with van der Waals surface area (Å²) >= 11 is 5.54. The zero-order valence-corrected chi connectivity index (χ0v) is 19.3. The van der Waals surface area contributed by atoms with E-state index in [1.54, 1.807) is 0 Å². The van der Waals surface area contributed by atoms with Gasteiger partial charge < -0.3 is 20.4 Å². The van der Waals surface area contributed by atoms with Crippen molar-refractivity contribution < 1.29 is 0 Å². The molecule has 0 spiro atoms. The summed E-state index contributed by atoms with van der Waals surface area (Å²) in [7, 11) is 0. The lowest BCUT2D eigenvalue weighted by Gasteiger charge is -2.35. The van der Waals surface area contributed by atoms with Gasteiger partial charge in [-0.25, -0.2) is 0 Å². The molecule has 166 valence electrons. The third-order valence-corrected chi connectivity index (χ3v) is 6.47. The summed E-state index contributed by atoms with van der Waals surface area (Å²) < 4.78 is 0. The molecule has 1 aromatic heterocycles. The molecule has 0 radical (unpaired) electrons. The van der Waals surface area contributed by atoms with Gasteiger partial charge in [0.05, 0.1) is 0 Å². The van der Waals surface area contributed by atoms with E-state index in [0.717, 1.165) is 50.7 Å². The van der Waals surface area contributed by atoms with Crippen molar-refractivity contribution in [3.05, 3.63) is 42.0 Å². The molecular formula is C24H34N6S. The molecule has 2 fully saturated rings. The van der Waals surface area contributed by atoms with Crippen LogP contribution >= 0.6 is 12.2 Å². The monoisotopic (exact) mass is 438 g/mol. The van der Waals surface area contributed by atoms with Crippen molar-refractivity contribution in [3.8, 4) is 0 Å². The van der Waals surface area contributed by atoms with Crippen molar-refractivity contribution in [1.29, 1.82) is 0 Å². The molecule has 2 aromatic rings. The van der Waals surface area contributed by atoms with Gasteiger partial charge in [-0.3, -0.25) is 0 Å². The summed E-state index contributed by atoms with van der Waals surface area (Å²) in [6.07, 6.45) is 8.24. The van der Waals surface area contributed by atoms with Crippen LogP contribution < -0.4 is 20.4 Å².